The normalized spacial score (nSPS) is 13.9. The number of nitrogens with zero attached hydrogens (tertiary/aromatic N) is 5. The predicted molar refractivity (Wildman–Crippen MR) is 394 cm³/mol. The van der Waals surface area contributed by atoms with Crippen LogP contribution >= 0.6 is 0 Å². The van der Waals surface area contributed by atoms with Crippen LogP contribution in [0.2, 0.25) is 0 Å². The molecule has 14 aromatic rings. The molecular weight excluding hydrogens is 1190 g/mol. The molecule has 0 atom stereocenters. The maximum atomic E-state index is 7.66. The fourth-order valence-corrected chi connectivity index (χ4v) is 16.8. The van der Waals surface area contributed by atoms with Crippen LogP contribution in [0.5, 0.6) is 57.5 Å². The Balaban J connectivity index is 0.760. The standard InChI is InChI=1S/C84H50B3N5O5/c1-6-24-51(25-7-1)88(52-26-8-2-9-27-52)56-42-75-81-76(43-56)95-72-48-67-61(46-62(72)87(81)60-36-18-22-40-70(60)93-75)85-58-34-16-19-37-64(58)90(55-32-14-5-15-33-55)69-49-77-82-84(80(69)85)91(67)65-38-20-17-35-59(65)86(82)63-47-68-74(50-73(63)96-77)97-79-45-57(44-78-83(79)92(68)66-39-21-23-41-71(66)94-78)89(53-28-10-3-11-29-53)54-30-12-4-13-31-54/h1-50H. The monoisotopic (exact) mass is 1240 g/mol. The Morgan fingerprint density at radius 1 is 0.206 bits per heavy atom. The first-order valence-corrected chi connectivity index (χ1v) is 33.1. The van der Waals surface area contributed by atoms with Crippen molar-refractivity contribution in [1.29, 1.82) is 0 Å². The number of rotatable bonds is 7. The molecule has 0 saturated carbocycles. The lowest BCUT2D eigenvalue weighted by molar-refractivity contribution is 0.441. The summed E-state index contributed by atoms with van der Waals surface area (Å²) in [5.74, 6) is 7.44. The largest absolute Gasteiger partial charge is 0.458 e. The first kappa shape index (κ1) is 52.7. The summed E-state index contributed by atoms with van der Waals surface area (Å²) >= 11 is 0. The molecule has 14 aromatic carbocycles. The van der Waals surface area contributed by atoms with Crippen molar-refractivity contribution in [1.82, 2.24) is 0 Å². The molecule has 0 fully saturated rings. The molecule has 97 heavy (non-hydrogen) atoms. The second-order valence-electron chi connectivity index (χ2n) is 25.8. The van der Waals surface area contributed by atoms with Crippen LogP contribution in [0.3, 0.4) is 0 Å². The van der Waals surface area contributed by atoms with Crippen molar-refractivity contribution in [2.24, 2.45) is 0 Å². The van der Waals surface area contributed by atoms with Gasteiger partial charge in [0.1, 0.15) is 40.2 Å². The van der Waals surface area contributed by atoms with Crippen LogP contribution in [0, 0.1) is 0 Å². The van der Waals surface area contributed by atoms with E-state index in [0.717, 1.165) is 158 Å². The van der Waals surface area contributed by atoms with E-state index in [4.69, 9.17) is 23.7 Å². The molecule has 0 spiro atoms. The third-order valence-electron chi connectivity index (χ3n) is 20.7. The van der Waals surface area contributed by atoms with Crippen molar-refractivity contribution in [3.8, 4) is 57.5 Å². The van der Waals surface area contributed by atoms with Crippen molar-refractivity contribution in [3.05, 3.63) is 303 Å². The van der Waals surface area contributed by atoms with E-state index in [9.17, 15) is 0 Å². The molecule has 0 bridgehead atoms. The molecule has 0 radical (unpaired) electrons. The minimum Gasteiger partial charge on any atom is -0.458 e. The van der Waals surface area contributed by atoms with Gasteiger partial charge >= 0.3 is 0 Å². The second kappa shape index (κ2) is 19.9. The van der Waals surface area contributed by atoms with Gasteiger partial charge in [-0.15, -0.1) is 0 Å². The van der Waals surface area contributed by atoms with Gasteiger partial charge < -0.3 is 43.3 Å². The highest BCUT2D eigenvalue weighted by atomic mass is 16.5. The molecule has 13 heteroatoms. The van der Waals surface area contributed by atoms with E-state index in [0.29, 0.717) is 17.2 Å². The lowest BCUT2D eigenvalue weighted by Gasteiger charge is -2.49. The molecule has 0 amide bonds. The van der Waals surface area contributed by atoms with Gasteiger partial charge in [-0.1, -0.05) is 164 Å². The molecular formula is C84H50B3N5O5. The first-order valence-electron chi connectivity index (χ1n) is 33.1. The highest BCUT2D eigenvalue weighted by Crippen LogP contribution is 2.62. The van der Waals surface area contributed by atoms with Crippen molar-refractivity contribution < 1.29 is 23.7 Å². The van der Waals surface area contributed by atoms with Gasteiger partial charge in [0.15, 0.2) is 23.0 Å². The summed E-state index contributed by atoms with van der Waals surface area (Å²) in [6, 6.07) is 108. The number of ether oxygens (including phenoxy) is 5. The summed E-state index contributed by atoms with van der Waals surface area (Å²) in [6.07, 6.45) is 0. The predicted octanol–water partition coefficient (Wildman–Crippen LogP) is 16.1. The summed E-state index contributed by atoms with van der Waals surface area (Å²) in [4.78, 5) is 11.9. The lowest BCUT2D eigenvalue weighted by atomic mass is 9.28. The van der Waals surface area contributed by atoms with E-state index in [2.05, 4.69) is 310 Å². The third-order valence-corrected chi connectivity index (χ3v) is 20.7. The van der Waals surface area contributed by atoms with Crippen molar-refractivity contribution in [3.63, 3.8) is 0 Å². The average molecular weight is 1240 g/mol. The number of hydrogen-bond acceptors (Lipinski definition) is 10. The van der Waals surface area contributed by atoms with Crippen LogP contribution in [0.25, 0.3) is 0 Å². The van der Waals surface area contributed by atoms with Gasteiger partial charge in [0.2, 0.25) is 0 Å². The van der Waals surface area contributed by atoms with E-state index >= 15 is 0 Å². The van der Waals surface area contributed by atoms with Gasteiger partial charge in [-0.2, -0.15) is 0 Å². The molecule has 0 aromatic heterocycles. The maximum absolute atomic E-state index is 7.66. The fraction of sp³-hybridized carbons (Fsp3) is 0. The summed E-state index contributed by atoms with van der Waals surface area (Å²) in [7, 11) is 0. The highest BCUT2D eigenvalue weighted by Gasteiger charge is 2.53. The van der Waals surface area contributed by atoms with Crippen molar-refractivity contribution in [2.45, 2.75) is 0 Å². The van der Waals surface area contributed by atoms with Crippen LogP contribution in [-0.2, 0) is 0 Å². The number of anilines is 15. The van der Waals surface area contributed by atoms with E-state index in [-0.39, 0.29) is 20.1 Å². The van der Waals surface area contributed by atoms with Gasteiger partial charge in [-0.3, -0.25) is 4.90 Å². The van der Waals surface area contributed by atoms with Gasteiger partial charge in [-0.05, 0) is 141 Å². The van der Waals surface area contributed by atoms with Crippen LogP contribution < -0.4 is 97.3 Å². The first-order chi connectivity index (χ1) is 48.1. The van der Waals surface area contributed by atoms with Gasteiger partial charge in [-0.25, -0.2) is 0 Å². The molecule has 8 aliphatic heterocycles. The Labute approximate surface area is 560 Å². The number of hydrogen-bond donors (Lipinski definition) is 0. The Kier molecular flexibility index (Phi) is 10.8. The minimum absolute atomic E-state index is 0.205. The van der Waals surface area contributed by atoms with Crippen molar-refractivity contribution in [2.75, 3.05) is 24.5 Å². The lowest BCUT2D eigenvalue weighted by Crippen LogP contribution is -2.68. The highest BCUT2D eigenvalue weighted by molar-refractivity contribution is 7.05. The smallest absolute Gasteiger partial charge is 0.260 e. The second-order valence-corrected chi connectivity index (χ2v) is 25.8. The van der Waals surface area contributed by atoms with E-state index in [1.54, 1.807) is 0 Å². The Morgan fingerprint density at radius 2 is 0.619 bits per heavy atom. The quantitative estimate of drug-likeness (QED) is 0.144. The molecule has 0 N–H and O–H groups in total. The molecule has 0 saturated heterocycles. The number of fused-ring (bicyclic) bond motifs is 18. The fourth-order valence-electron chi connectivity index (χ4n) is 16.8. The van der Waals surface area contributed by atoms with Crippen LogP contribution in [-0.4, -0.2) is 20.1 Å². The molecule has 0 unspecified atom stereocenters. The average Bonchev–Trinajstić information content (AvgIpc) is 0.671. The van der Waals surface area contributed by atoms with E-state index in [1.165, 1.54) is 16.4 Å². The Hall–Kier alpha value is -12.7. The molecule has 0 aliphatic carbocycles. The van der Waals surface area contributed by atoms with Gasteiger partial charge in [0.05, 0.1) is 22.7 Å². The topological polar surface area (TPSA) is 62.4 Å². The SMILES string of the molecule is c1ccc(N(c2ccccc2)c2cc3c4c(c2)Oc2cc5c(cc2B4c2ccccc2O3)B2c3ccccc3N(c3ccccc3)c3cc4c6c(c32)N5c2ccccc2B6c2cc3c(cc2O4)Oc2cc(N(c4ccccc4)c4ccccc4)cc4c2N3c2ccccc2O4)cc1. The zero-order chi connectivity index (χ0) is 63.1. The molecule has 10 nitrogen and oxygen atoms in total. The molecule has 22 rings (SSSR count). The Bertz CT molecular complexity index is 5630. The summed E-state index contributed by atoms with van der Waals surface area (Å²) in [5, 5.41) is 0. The maximum Gasteiger partial charge on any atom is 0.260 e. The van der Waals surface area contributed by atoms with Gasteiger partial charge in [0.25, 0.3) is 20.1 Å². The van der Waals surface area contributed by atoms with Gasteiger partial charge in [0, 0.05) is 105 Å². The molecule has 8 heterocycles. The summed E-state index contributed by atoms with van der Waals surface area (Å²) < 4.78 is 36.6. The molecule has 450 valence electrons. The molecule has 8 aliphatic rings. The van der Waals surface area contributed by atoms with Crippen LogP contribution in [0.4, 0.5) is 85.3 Å². The van der Waals surface area contributed by atoms with E-state index in [1.807, 2.05) is 18.2 Å². The van der Waals surface area contributed by atoms with Crippen LogP contribution in [0.1, 0.15) is 0 Å². The third kappa shape index (κ3) is 7.47. The number of benzene rings is 14. The number of para-hydroxylation sites is 10. The Morgan fingerprint density at radius 3 is 1.23 bits per heavy atom. The summed E-state index contributed by atoms with van der Waals surface area (Å²) in [6.45, 7) is -0.677. The van der Waals surface area contributed by atoms with E-state index < -0.39 is 0 Å². The minimum atomic E-state index is -0.264. The van der Waals surface area contributed by atoms with Crippen LogP contribution in [0.15, 0.2) is 303 Å². The van der Waals surface area contributed by atoms with Crippen molar-refractivity contribution >= 4 is 155 Å². The summed E-state index contributed by atoms with van der Waals surface area (Å²) in [5.41, 5.74) is 25.1. The zero-order valence-electron chi connectivity index (χ0n) is 51.9. The zero-order valence-corrected chi connectivity index (χ0v) is 51.9.